The van der Waals surface area contributed by atoms with Crippen molar-refractivity contribution in [3.8, 4) is 5.75 Å². The lowest BCUT2D eigenvalue weighted by molar-refractivity contribution is -0.123. The highest BCUT2D eigenvalue weighted by Gasteiger charge is 2.36. The highest BCUT2D eigenvalue weighted by Crippen LogP contribution is 2.39. The molecule has 0 atom stereocenters. The fourth-order valence-electron chi connectivity index (χ4n) is 4.45. The number of rotatable bonds is 5. The second-order valence-electron chi connectivity index (χ2n) is 8.23. The number of anilines is 1. The number of nitrogens with zero attached hydrogens (tertiary/aromatic N) is 2. The molecule has 0 N–H and O–H groups in total. The second-order valence-corrected chi connectivity index (χ2v) is 10.2. The van der Waals surface area contributed by atoms with Crippen LogP contribution >= 0.6 is 0 Å². The van der Waals surface area contributed by atoms with Crippen LogP contribution in [-0.2, 0) is 21.2 Å². The Morgan fingerprint density at radius 1 is 1.06 bits per heavy atom. The number of hydrogen-bond donors (Lipinski definition) is 0. The van der Waals surface area contributed by atoms with Crippen molar-refractivity contribution in [1.82, 2.24) is 4.31 Å². The normalized spacial score (nSPS) is 17.9. The number of para-hydroxylation sites is 1. The number of carbonyl (C=O) groups is 1. The zero-order valence-electron chi connectivity index (χ0n) is 17.8. The molecule has 9 heteroatoms. The van der Waals surface area contributed by atoms with Crippen LogP contribution in [0.4, 0.5) is 14.5 Å². The minimum atomic E-state index is -3.62. The van der Waals surface area contributed by atoms with Crippen LogP contribution in [0.1, 0.15) is 30.4 Å². The lowest BCUT2D eigenvalue weighted by atomic mass is 9.93. The molecule has 6 nitrogen and oxygen atoms in total. The molecule has 0 spiro atoms. The van der Waals surface area contributed by atoms with Gasteiger partial charge in [-0.2, -0.15) is 13.1 Å². The minimum absolute atomic E-state index is 0.00457. The zero-order valence-corrected chi connectivity index (χ0v) is 18.7. The Hall–Kier alpha value is -2.52. The van der Waals surface area contributed by atoms with Crippen LogP contribution in [0.5, 0.6) is 5.75 Å². The summed E-state index contributed by atoms with van der Waals surface area (Å²) in [6.45, 7) is -0.178. The molecule has 2 aliphatic rings. The molecule has 4 rings (SSSR count). The smallest absolute Gasteiger partial charge is 0.387 e. The standard InChI is InChI=1S/C23H26F2N2O4S/c1-16-7-9-19(10-8-16)32(29,30)26-14-11-18(12-15-26)22(28)27-13-3-5-17-4-2-6-20(21(17)27)31-23(24)25/h2,4,6-10,18,23H,3,5,11-15H2,1H3. The van der Waals surface area contributed by atoms with Gasteiger partial charge in [0, 0.05) is 25.6 Å². The third kappa shape index (κ3) is 4.49. The number of hydrogen-bond acceptors (Lipinski definition) is 4. The maximum Gasteiger partial charge on any atom is 0.387 e. The summed E-state index contributed by atoms with van der Waals surface area (Å²) in [6, 6.07) is 11.6. The van der Waals surface area contributed by atoms with Gasteiger partial charge in [0.15, 0.2) is 0 Å². The molecule has 2 aliphatic heterocycles. The summed E-state index contributed by atoms with van der Waals surface area (Å²) in [4.78, 5) is 15.1. The second kappa shape index (κ2) is 9.15. The molecular formula is C23H26F2N2O4S. The van der Waals surface area contributed by atoms with Gasteiger partial charge in [0.25, 0.3) is 0 Å². The SMILES string of the molecule is Cc1ccc(S(=O)(=O)N2CCC(C(=O)N3CCCc4cccc(OC(F)F)c43)CC2)cc1. The van der Waals surface area contributed by atoms with Crippen LogP contribution in [0, 0.1) is 12.8 Å². The van der Waals surface area contributed by atoms with Crippen molar-refractivity contribution in [2.24, 2.45) is 5.92 Å². The molecule has 0 aromatic heterocycles. The molecule has 1 fully saturated rings. The van der Waals surface area contributed by atoms with Gasteiger partial charge >= 0.3 is 6.61 Å². The third-order valence-electron chi connectivity index (χ3n) is 6.12. The Bertz CT molecular complexity index is 1080. The molecule has 2 aromatic carbocycles. The number of benzene rings is 2. The maximum absolute atomic E-state index is 13.3. The summed E-state index contributed by atoms with van der Waals surface area (Å²) in [5, 5.41) is 0. The van der Waals surface area contributed by atoms with Crippen molar-refractivity contribution < 1.29 is 26.7 Å². The van der Waals surface area contributed by atoms with Gasteiger partial charge in [-0.25, -0.2) is 8.42 Å². The molecular weight excluding hydrogens is 438 g/mol. The molecule has 2 aromatic rings. The molecule has 0 radical (unpaired) electrons. The molecule has 0 aliphatic carbocycles. The van der Waals surface area contributed by atoms with Gasteiger partial charge in [-0.1, -0.05) is 29.8 Å². The average molecular weight is 465 g/mol. The average Bonchev–Trinajstić information content (AvgIpc) is 2.78. The summed E-state index contributed by atoms with van der Waals surface area (Å²) in [7, 11) is -3.62. The fraction of sp³-hybridized carbons (Fsp3) is 0.435. The van der Waals surface area contributed by atoms with Gasteiger partial charge in [0.1, 0.15) is 5.75 Å². The largest absolute Gasteiger partial charge is 0.433 e. The van der Waals surface area contributed by atoms with Crippen molar-refractivity contribution >= 4 is 21.6 Å². The molecule has 0 saturated carbocycles. The van der Waals surface area contributed by atoms with Crippen LogP contribution in [0.3, 0.4) is 0 Å². The number of amides is 1. The van der Waals surface area contributed by atoms with E-state index in [1.54, 1.807) is 35.2 Å². The summed E-state index contributed by atoms with van der Waals surface area (Å²) >= 11 is 0. The molecule has 0 unspecified atom stereocenters. The van der Waals surface area contributed by atoms with E-state index in [4.69, 9.17) is 0 Å². The van der Waals surface area contributed by atoms with Gasteiger partial charge < -0.3 is 9.64 Å². The molecule has 32 heavy (non-hydrogen) atoms. The van der Waals surface area contributed by atoms with E-state index in [-0.39, 0.29) is 35.6 Å². The number of halogens is 2. The van der Waals surface area contributed by atoms with Crippen LogP contribution in [0.2, 0.25) is 0 Å². The predicted molar refractivity (Wildman–Crippen MR) is 116 cm³/mol. The molecule has 172 valence electrons. The monoisotopic (exact) mass is 464 g/mol. The van der Waals surface area contributed by atoms with Gasteiger partial charge in [-0.15, -0.1) is 0 Å². The van der Waals surface area contributed by atoms with E-state index in [2.05, 4.69) is 4.74 Å². The van der Waals surface area contributed by atoms with Gasteiger partial charge in [-0.05, 0) is 56.4 Å². The number of fused-ring (bicyclic) bond motifs is 1. The van der Waals surface area contributed by atoms with E-state index in [9.17, 15) is 22.0 Å². The highest BCUT2D eigenvalue weighted by molar-refractivity contribution is 7.89. The fourth-order valence-corrected chi connectivity index (χ4v) is 5.92. The number of sulfonamides is 1. The van der Waals surface area contributed by atoms with E-state index in [0.29, 0.717) is 31.5 Å². The van der Waals surface area contributed by atoms with Crippen LogP contribution in [-0.4, -0.2) is 44.9 Å². The Labute approximate surface area is 186 Å². The molecule has 1 amide bonds. The first-order valence-electron chi connectivity index (χ1n) is 10.7. The number of alkyl halides is 2. The Balaban J connectivity index is 1.49. The van der Waals surface area contributed by atoms with Gasteiger partial charge in [0.05, 0.1) is 10.6 Å². The van der Waals surface area contributed by atoms with Crippen LogP contribution < -0.4 is 9.64 Å². The lowest BCUT2D eigenvalue weighted by Crippen LogP contribution is -2.45. The van der Waals surface area contributed by atoms with E-state index >= 15 is 0 Å². The Morgan fingerprint density at radius 3 is 2.41 bits per heavy atom. The first-order valence-corrected chi connectivity index (χ1v) is 12.2. The predicted octanol–water partition coefficient (Wildman–Crippen LogP) is 3.98. The van der Waals surface area contributed by atoms with Crippen LogP contribution in [0.15, 0.2) is 47.4 Å². The van der Waals surface area contributed by atoms with Crippen molar-refractivity contribution in [2.45, 2.75) is 44.1 Å². The number of ether oxygens (including phenoxy) is 1. The van der Waals surface area contributed by atoms with Crippen molar-refractivity contribution in [3.63, 3.8) is 0 Å². The van der Waals surface area contributed by atoms with E-state index < -0.39 is 16.6 Å². The third-order valence-corrected chi connectivity index (χ3v) is 8.04. The molecule has 0 bridgehead atoms. The first-order chi connectivity index (χ1) is 15.3. The van der Waals surface area contributed by atoms with Crippen molar-refractivity contribution in [1.29, 1.82) is 0 Å². The summed E-state index contributed by atoms with van der Waals surface area (Å²) < 4.78 is 57.8. The maximum atomic E-state index is 13.3. The lowest BCUT2D eigenvalue weighted by Gasteiger charge is -2.36. The molecule has 1 saturated heterocycles. The minimum Gasteiger partial charge on any atom is -0.433 e. The van der Waals surface area contributed by atoms with Crippen molar-refractivity contribution in [2.75, 3.05) is 24.5 Å². The summed E-state index contributed by atoms with van der Waals surface area (Å²) in [5.41, 5.74) is 2.20. The summed E-state index contributed by atoms with van der Waals surface area (Å²) in [5.74, 6) is -0.529. The van der Waals surface area contributed by atoms with Crippen LogP contribution in [0.25, 0.3) is 0 Å². The van der Waals surface area contributed by atoms with Gasteiger partial charge in [0.2, 0.25) is 15.9 Å². The topological polar surface area (TPSA) is 66.9 Å². The Morgan fingerprint density at radius 2 is 1.75 bits per heavy atom. The zero-order chi connectivity index (χ0) is 22.9. The summed E-state index contributed by atoms with van der Waals surface area (Å²) in [6.07, 6.45) is 2.19. The highest BCUT2D eigenvalue weighted by atomic mass is 32.2. The number of aryl methyl sites for hydroxylation is 2. The first kappa shape index (κ1) is 22.7. The quantitative estimate of drug-likeness (QED) is 0.672. The van der Waals surface area contributed by atoms with E-state index in [1.165, 1.54) is 10.4 Å². The van der Waals surface area contributed by atoms with E-state index in [1.807, 2.05) is 13.0 Å². The van der Waals surface area contributed by atoms with Crippen molar-refractivity contribution in [3.05, 3.63) is 53.6 Å². The van der Waals surface area contributed by atoms with E-state index in [0.717, 1.165) is 17.5 Å². The Kier molecular flexibility index (Phi) is 6.48. The number of piperidine rings is 1. The van der Waals surface area contributed by atoms with Gasteiger partial charge in [-0.3, -0.25) is 4.79 Å². The molecule has 2 heterocycles. The number of carbonyl (C=O) groups excluding carboxylic acids is 1.